The molecular formula is C23H27N3O5S2. The van der Waals surface area contributed by atoms with Crippen molar-refractivity contribution in [3.8, 4) is 5.13 Å². The lowest BCUT2D eigenvalue weighted by atomic mass is 10.1. The average Bonchev–Trinajstić information content (AvgIpc) is 3.33. The zero-order valence-electron chi connectivity index (χ0n) is 19.2. The predicted molar refractivity (Wildman–Crippen MR) is 127 cm³/mol. The summed E-state index contributed by atoms with van der Waals surface area (Å²) in [5.41, 5.74) is 3.11. The van der Waals surface area contributed by atoms with Gasteiger partial charge < -0.3 is 4.74 Å². The lowest BCUT2D eigenvalue weighted by Crippen LogP contribution is -2.32. The molecule has 1 N–H and O–H groups in total. The number of Topliss-reactive ketones (excluding diaryl/α,β-unsaturated/α-hetero) is 1. The summed E-state index contributed by atoms with van der Waals surface area (Å²) < 4.78 is 34.3. The van der Waals surface area contributed by atoms with E-state index in [0.717, 1.165) is 22.2 Å². The Kier molecular flexibility index (Phi) is 7.51. The molecular weight excluding hydrogens is 462 g/mol. The van der Waals surface area contributed by atoms with Gasteiger partial charge in [-0.3, -0.25) is 9.36 Å². The summed E-state index contributed by atoms with van der Waals surface area (Å²) in [4.78, 5) is 29.6. The number of hydrogen-bond donors (Lipinski definition) is 1. The number of ketones is 1. The Bertz CT molecular complexity index is 1270. The van der Waals surface area contributed by atoms with Crippen molar-refractivity contribution in [1.82, 2.24) is 14.3 Å². The molecule has 0 bridgehead atoms. The number of hydrogen-bond acceptors (Lipinski definition) is 7. The number of nitrogens with one attached hydrogen (secondary N) is 1. The third kappa shape index (κ3) is 5.58. The largest absolute Gasteiger partial charge is 0.454 e. The monoisotopic (exact) mass is 489 g/mol. The molecule has 2 heterocycles. The molecule has 0 aliphatic rings. The van der Waals surface area contributed by atoms with Crippen molar-refractivity contribution in [1.29, 1.82) is 0 Å². The molecule has 0 amide bonds. The molecule has 1 aromatic carbocycles. The van der Waals surface area contributed by atoms with E-state index in [1.165, 1.54) is 35.6 Å². The highest BCUT2D eigenvalue weighted by atomic mass is 32.2. The number of benzene rings is 1. The van der Waals surface area contributed by atoms with Crippen molar-refractivity contribution >= 4 is 33.1 Å². The molecule has 33 heavy (non-hydrogen) atoms. The average molecular weight is 490 g/mol. The molecule has 3 rings (SSSR count). The molecule has 0 saturated carbocycles. The van der Waals surface area contributed by atoms with Crippen LogP contribution in [-0.2, 0) is 14.8 Å². The van der Waals surface area contributed by atoms with Crippen LogP contribution in [0.3, 0.4) is 0 Å². The van der Waals surface area contributed by atoms with Gasteiger partial charge in [-0.1, -0.05) is 6.92 Å². The van der Waals surface area contributed by atoms with Crippen molar-refractivity contribution in [3.05, 3.63) is 63.9 Å². The lowest BCUT2D eigenvalue weighted by Gasteiger charge is -2.12. The minimum atomic E-state index is -3.67. The van der Waals surface area contributed by atoms with Crippen LogP contribution >= 0.6 is 11.3 Å². The van der Waals surface area contributed by atoms with Crippen LogP contribution in [0.15, 0.2) is 40.6 Å². The quantitative estimate of drug-likeness (QED) is 0.360. The second-order valence-electron chi connectivity index (χ2n) is 7.85. The predicted octanol–water partition coefficient (Wildman–Crippen LogP) is 3.98. The number of ether oxygens (including phenoxy) is 1. The summed E-state index contributed by atoms with van der Waals surface area (Å²) in [5.74, 6) is -1.03. The van der Waals surface area contributed by atoms with Crippen molar-refractivity contribution in [2.75, 3.05) is 6.61 Å². The van der Waals surface area contributed by atoms with E-state index < -0.39 is 22.6 Å². The maximum atomic E-state index is 12.7. The fourth-order valence-corrected chi connectivity index (χ4v) is 5.50. The van der Waals surface area contributed by atoms with Gasteiger partial charge in [0.2, 0.25) is 15.8 Å². The summed E-state index contributed by atoms with van der Waals surface area (Å²) in [6.45, 7) is 8.85. The van der Waals surface area contributed by atoms with Crippen molar-refractivity contribution < 1.29 is 22.7 Å². The SMILES string of the molecule is CCC(C)NS(=O)(=O)c1ccc(C(=O)OCC(=O)c2cc(C)n(-c3nc(C)cs3)c2C)cc1. The number of aromatic nitrogens is 2. The van der Waals surface area contributed by atoms with Crippen molar-refractivity contribution in [2.24, 2.45) is 0 Å². The van der Waals surface area contributed by atoms with E-state index >= 15 is 0 Å². The van der Waals surface area contributed by atoms with E-state index in [1.807, 2.05) is 37.6 Å². The molecule has 176 valence electrons. The second-order valence-corrected chi connectivity index (χ2v) is 10.4. The summed E-state index contributed by atoms with van der Waals surface area (Å²) in [5, 5.41) is 2.71. The minimum absolute atomic E-state index is 0.0558. The summed E-state index contributed by atoms with van der Waals surface area (Å²) in [6.07, 6.45) is 0.656. The zero-order chi connectivity index (χ0) is 24.3. The molecule has 8 nitrogen and oxygen atoms in total. The second kappa shape index (κ2) is 9.98. The summed E-state index contributed by atoms with van der Waals surface area (Å²) in [7, 11) is -3.67. The fraction of sp³-hybridized carbons (Fsp3) is 0.348. The molecule has 0 aliphatic heterocycles. The zero-order valence-corrected chi connectivity index (χ0v) is 20.8. The van der Waals surface area contributed by atoms with Crippen LogP contribution < -0.4 is 4.72 Å². The van der Waals surface area contributed by atoms with Crippen LogP contribution in [0.1, 0.15) is 58.1 Å². The van der Waals surface area contributed by atoms with Gasteiger partial charge in [0, 0.05) is 28.4 Å². The first-order valence-corrected chi connectivity index (χ1v) is 12.8. The third-order valence-electron chi connectivity index (χ3n) is 5.23. The number of esters is 1. The first-order chi connectivity index (χ1) is 15.5. The van der Waals surface area contributed by atoms with E-state index in [2.05, 4.69) is 9.71 Å². The maximum Gasteiger partial charge on any atom is 0.338 e. The molecule has 0 saturated heterocycles. The molecule has 2 aromatic heterocycles. The molecule has 1 atom stereocenters. The Labute approximate surface area is 197 Å². The topological polar surface area (TPSA) is 107 Å². The molecule has 1 unspecified atom stereocenters. The molecule has 0 radical (unpaired) electrons. The Morgan fingerprint density at radius 3 is 2.42 bits per heavy atom. The highest BCUT2D eigenvalue weighted by Crippen LogP contribution is 2.24. The van der Waals surface area contributed by atoms with E-state index in [-0.39, 0.29) is 22.3 Å². The standard InChI is InChI=1S/C23H27N3O5S2/c1-6-14(2)25-33(29,30)19-9-7-18(8-10-19)22(28)31-12-21(27)20-11-16(4)26(17(20)5)23-24-15(3)13-32-23/h7-11,13-14,25H,6,12H2,1-5H3. The number of thiazole rings is 1. The van der Waals surface area contributed by atoms with Gasteiger partial charge in [-0.05, 0) is 64.4 Å². The number of carbonyl (C=O) groups excluding carboxylic acids is 2. The highest BCUT2D eigenvalue weighted by Gasteiger charge is 2.21. The Balaban J connectivity index is 1.67. The van der Waals surface area contributed by atoms with E-state index in [0.29, 0.717) is 12.0 Å². The van der Waals surface area contributed by atoms with Gasteiger partial charge in [0.25, 0.3) is 0 Å². The van der Waals surface area contributed by atoms with Gasteiger partial charge in [-0.15, -0.1) is 11.3 Å². The van der Waals surface area contributed by atoms with Crippen LogP contribution in [0.25, 0.3) is 5.13 Å². The first kappa shape index (κ1) is 24.8. The van der Waals surface area contributed by atoms with Crippen LogP contribution in [0.2, 0.25) is 0 Å². The first-order valence-electron chi connectivity index (χ1n) is 10.5. The fourth-order valence-electron chi connectivity index (χ4n) is 3.26. The highest BCUT2D eigenvalue weighted by molar-refractivity contribution is 7.89. The number of aryl methyl sites for hydroxylation is 2. The maximum absolute atomic E-state index is 12.7. The van der Waals surface area contributed by atoms with Gasteiger partial charge in [0.05, 0.1) is 16.2 Å². The van der Waals surface area contributed by atoms with Crippen LogP contribution in [0, 0.1) is 20.8 Å². The van der Waals surface area contributed by atoms with Gasteiger partial charge in [0.15, 0.2) is 11.7 Å². The van der Waals surface area contributed by atoms with E-state index in [9.17, 15) is 18.0 Å². The van der Waals surface area contributed by atoms with Gasteiger partial charge in [0.1, 0.15) is 0 Å². The third-order valence-corrected chi connectivity index (χ3v) is 7.78. The molecule has 0 aliphatic carbocycles. The van der Waals surface area contributed by atoms with Crippen molar-refractivity contribution in [2.45, 2.75) is 52.0 Å². The number of nitrogens with zero attached hydrogens (tertiary/aromatic N) is 2. The summed E-state index contributed by atoms with van der Waals surface area (Å²) >= 11 is 1.49. The number of rotatable bonds is 9. The molecule has 3 aromatic rings. The molecule has 10 heteroatoms. The van der Waals surface area contributed by atoms with Crippen LogP contribution in [0.4, 0.5) is 0 Å². The Morgan fingerprint density at radius 1 is 1.18 bits per heavy atom. The van der Waals surface area contributed by atoms with Crippen molar-refractivity contribution in [3.63, 3.8) is 0 Å². The van der Waals surface area contributed by atoms with E-state index in [1.54, 1.807) is 13.0 Å². The molecule has 0 spiro atoms. The smallest absolute Gasteiger partial charge is 0.338 e. The number of carbonyl (C=O) groups is 2. The van der Waals surface area contributed by atoms with Crippen LogP contribution in [-0.4, -0.2) is 42.4 Å². The Hall–Kier alpha value is -2.82. The summed E-state index contributed by atoms with van der Waals surface area (Å²) in [6, 6.07) is 6.97. The number of sulfonamides is 1. The minimum Gasteiger partial charge on any atom is -0.454 e. The van der Waals surface area contributed by atoms with Gasteiger partial charge in [-0.25, -0.2) is 22.9 Å². The van der Waals surface area contributed by atoms with E-state index in [4.69, 9.17) is 4.74 Å². The van der Waals surface area contributed by atoms with Crippen LogP contribution in [0.5, 0.6) is 0 Å². The molecule has 0 fully saturated rings. The van der Waals surface area contributed by atoms with Gasteiger partial charge in [-0.2, -0.15) is 0 Å². The Morgan fingerprint density at radius 2 is 1.85 bits per heavy atom. The van der Waals surface area contributed by atoms with Gasteiger partial charge >= 0.3 is 5.97 Å². The normalized spacial score (nSPS) is 12.5. The lowest BCUT2D eigenvalue weighted by molar-refractivity contribution is 0.0474.